The number of rotatable bonds is 4. The van der Waals surface area contributed by atoms with E-state index in [2.05, 4.69) is 9.71 Å². The van der Waals surface area contributed by atoms with Gasteiger partial charge in [0.25, 0.3) is 10.0 Å². The molecule has 26 heavy (non-hydrogen) atoms. The second kappa shape index (κ2) is 6.42. The van der Waals surface area contributed by atoms with Crippen molar-refractivity contribution in [1.29, 1.82) is 0 Å². The second-order valence-electron chi connectivity index (χ2n) is 6.14. The van der Waals surface area contributed by atoms with Crippen LogP contribution >= 0.6 is 0 Å². The molecule has 7 heteroatoms. The van der Waals surface area contributed by atoms with Gasteiger partial charge in [-0.15, -0.1) is 0 Å². The van der Waals surface area contributed by atoms with Crippen molar-refractivity contribution in [2.75, 3.05) is 16.2 Å². The third-order valence-corrected chi connectivity index (χ3v) is 5.78. The maximum atomic E-state index is 12.9. The van der Waals surface area contributed by atoms with Gasteiger partial charge in [-0.3, -0.25) is 14.5 Å². The predicted octanol–water partition coefficient (Wildman–Crippen LogP) is 3.16. The first-order valence-corrected chi connectivity index (χ1v) is 9.80. The lowest BCUT2D eigenvalue weighted by Crippen LogP contribution is -2.23. The Morgan fingerprint density at radius 3 is 2.65 bits per heavy atom. The van der Waals surface area contributed by atoms with Crippen LogP contribution in [0.4, 0.5) is 11.4 Å². The number of benzene rings is 2. The van der Waals surface area contributed by atoms with Gasteiger partial charge in [-0.25, -0.2) is 8.42 Å². The van der Waals surface area contributed by atoms with Crippen molar-refractivity contribution in [3.8, 4) is 0 Å². The van der Waals surface area contributed by atoms with Gasteiger partial charge in [-0.2, -0.15) is 0 Å². The van der Waals surface area contributed by atoms with E-state index in [0.717, 1.165) is 11.8 Å². The molecule has 4 rings (SSSR count). The van der Waals surface area contributed by atoms with E-state index in [4.69, 9.17) is 0 Å². The molecule has 0 spiro atoms. The maximum absolute atomic E-state index is 12.9. The van der Waals surface area contributed by atoms with Crippen LogP contribution in [0.15, 0.2) is 65.7 Å². The SMILES string of the molecule is O=C1CCCN1c1cccc(NS(=O)(=O)c2cccc3cccnc23)c1. The lowest BCUT2D eigenvalue weighted by molar-refractivity contribution is -0.117. The summed E-state index contributed by atoms with van der Waals surface area (Å²) in [6, 6.07) is 15.5. The van der Waals surface area contributed by atoms with Gasteiger partial charge in [-0.05, 0) is 36.8 Å². The minimum Gasteiger partial charge on any atom is -0.312 e. The molecule has 0 unspecified atom stereocenters. The topological polar surface area (TPSA) is 79.4 Å². The van der Waals surface area contributed by atoms with Crippen molar-refractivity contribution in [2.24, 2.45) is 0 Å². The monoisotopic (exact) mass is 367 g/mol. The van der Waals surface area contributed by atoms with Crippen LogP contribution in [-0.4, -0.2) is 25.9 Å². The molecule has 1 aliphatic heterocycles. The van der Waals surface area contributed by atoms with Crippen LogP contribution in [0.25, 0.3) is 10.9 Å². The quantitative estimate of drug-likeness (QED) is 0.768. The third kappa shape index (κ3) is 3.01. The van der Waals surface area contributed by atoms with Crippen molar-refractivity contribution < 1.29 is 13.2 Å². The Morgan fingerprint density at radius 2 is 1.85 bits per heavy atom. The number of pyridine rings is 1. The van der Waals surface area contributed by atoms with Gasteiger partial charge in [0.2, 0.25) is 5.91 Å². The zero-order chi connectivity index (χ0) is 18.1. The van der Waals surface area contributed by atoms with Crippen LogP contribution in [0.3, 0.4) is 0 Å². The molecule has 0 aliphatic carbocycles. The zero-order valence-corrected chi connectivity index (χ0v) is 14.7. The molecule has 1 saturated heterocycles. The summed E-state index contributed by atoms with van der Waals surface area (Å²) in [5, 5.41) is 0.756. The molecule has 1 aliphatic rings. The number of carbonyl (C=O) groups is 1. The first-order chi connectivity index (χ1) is 12.5. The van der Waals surface area contributed by atoms with E-state index < -0.39 is 10.0 Å². The fourth-order valence-corrected chi connectivity index (χ4v) is 4.39. The first-order valence-electron chi connectivity index (χ1n) is 8.32. The van der Waals surface area contributed by atoms with E-state index in [1.165, 1.54) is 6.07 Å². The number of sulfonamides is 1. The predicted molar refractivity (Wildman–Crippen MR) is 101 cm³/mol. The smallest absolute Gasteiger partial charge is 0.264 e. The van der Waals surface area contributed by atoms with Crippen molar-refractivity contribution in [3.05, 3.63) is 60.8 Å². The average Bonchev–Trinajstić information content (AvgIpc) is 3.07. The Morgan fingerprint density at radius 1 is 1.04 bits per heavy atom. The van der Waals surface area contributed by atoms with E-state index in [1.807, 2.05) is 12.1 Å². The highest BCUT2D eigenvalue weighted by molar-refractivity contribution is 7.93. The molecule has 2 aromatic carbocycles. The number of nitrogens with zero attached hydrogens (tertiary/aromatic N) is 2. The average molecular weight is 367 g/mol. The van der Waals surface area contributed by atoms with Crippen LogP contribution in [0.5, 0.6) is 0 Å². The number of fused-ring (bicyclic) bond motifs is 1. The zero-order valence-electron chi connectivity index (χ0n) is 13.9. The Hall–Kier alpha value is -2.93. The van der Waals surface area contributed by atoms with Crippen molar-refractivity contribution in [2.45, 2.75) is 17.7 Å². The Balaban J connectivity index is 1.69. The van der Waals surface area contributed by atoms with E-state index in [1.54, 1.807) is 47.5 Å². The van der Waals surface area contributed by atoms with Crippen LogP contribution in [0, 0.1) is 0 Å². The molecule has 132 valence electrons. The summed E-state index contributed by atoms with van der Waals surface area (Å²) in [5.74, 6) is 0.0586. The van der Waals surface area contributed by atoms with Gasteiger partial charge in [0, 0.05) is 30.2 Å². The summed E-state index contributed by atoms with van der Waals surface area (Å²) in [6.45, 7) is 0.655. The van der Waals surface area contributed by atoms with E-state index in [-0.39, 0.29) is 10.8 Å². The Labute approximate surface area is 151 Å². The third-order valence-electron chi connectivity index (χ3n) is 4.37. The summed E-state index contributed by atoms with van der Waals surface area (Å²) < 4.78 is 28.4. The van der Waals surface area contributed by atoms with Crippen LogP contribution in [0.2, 0.25) is 0 Å². The van der Waals surface area contributed by atoms with Crippen LogP contribution < -0.4 is 9.62 Å². The second-order valence-corrected chi connectivity index (χ2v) is 7.79. The molecule has 1 aromatic heterocycles. The normalized spacial score (nSPS) is 14.8. The molecule has 2 heterocycles. The summed E-state index contributed by atoms with van der Waals surface area (Å²) in [5.41, 5.74) is 1.53. The highest BCUT2D eigenvalue weighted by Crippen LogP contribution is 2.27. The molecule has 0 saturated carbocycles. The first kappa shape index (κ1) is 16.5. The van der Waals surface area contributed by atoms with Gasteiger partial charge in [-0.1, -0.05) is 24.3 Å². The van der Waals surface area contributed by atoms with E-state index in [9.17, 15) is 13.2 Å². The number of hydrogen-bond donors (Lipinski definition) is 1. The molecule has 6 nitrogen and oxygen atoms in total. The number of anilines is 2. The summed E-state index contributed by atoms with van der Waals surface area (Å²) >= 11 is 0. The van der Waals surface area contributed by atoms with Gasteiger partial charge >= 0.3 is 0 Å². The van der Waals surface area contributed by atoms with Crippen LogP contribution in [-0.2, 0) is 14.8 Å². The number of hydrogen-bond acceptors (Lipinski definition) is 4. The van der Waals surface area contributed by atoms with Gasteiger partial charge in [0.15, 0.2) is 0 Å². The highest BCUT2D eigenvalue weighted by atomic mass is 32.2. The highest BCUT2D eigenvalue weighted by Gasteiger charge is 2.23. The van der Waals surface area contributed by atoms with Gasteiger partial charge < -0.3 is 4.90 Å². The molecule has 0 radical (unpaired) electrons. The number of aromatic nitrogens is 1. The van der Waals surface area contributed by atoms with Crippen molar-refractivity contribution >= 4 is 38.2 Å². The van der Waals surface area contributed by atoms with Gasteiger partial charge in [0.1, 0.15) is 4.90 Å². The van der Waals surface area contributed by atoms with E-state index in [0.29, 0.717) is 29.9 Å². The minimum atomic E-state index is -3.81. The van der Waals surface area contributed by atoms with Crippen LogP contribution in [0.1, 0.15) is 12.8 Å². The molecule has 0 atom stereocenters. The molecular formula is C19H17N3O3S. The minimum absolute atomic E-state index is 0.0586. The number of nitrogens with one attached hydrogen (secondary N) is 1. The summed E-state index contributed by atoms with van der Waals surface area (Å²) in [4.78, 5) is 17.9. The Kier molecular flexibility index (Phi) is 4.08. The van der Waals surface area contributed by atoms with E-state index >= 15 is 0 Å². The lowest BCUT2D eigenvalue weighted by atomic mass is 10.2. The number of amides is 1. The van der Waals surface area contributed by atoms with Gasteiger partial charge in [0.05, 0.1) is 11.2 Å². The number of carbonyl (C=O) groups excluding carboxylic acids is 1. The molecule has 3 aromatic rings. The summed E-state index contributed by atoms with van der Waals surface area (Å²) in [6.07, 6.45) is 2.91. The molecule has 0 bridgehead atoms. The number of para-hydroxylation sites is 1. The molecule has 1 amide bonds. The standard InChI is InChI=1S/C19H17N3O3S/c23-18-10-4-12-22(18)16-8-2-7-15(13-16)21-26(24,25)17-9-1-5-14-6-3-11-20-19(14)17/h1-3,5-9,11,13,21H,4,10,12H2. The van der Waals surface area contributed by atoms with Crippen molar-refractivity contribution in [3.63, 3.8) is 0 Å². The van der Waals surface area contributed by atoms with Crippen molar-refractivity contribution in [1.82, 2.24) is 4.98 Å². The fraction of sp³-hybridized carbons (Fsp3) is 0.158. The lowest BCUT2D eigenvalue weighted by Gasteiger charge is -2.17. The Bertz CT molecular complexity index is 1090. The summed E-state index contributed by atoms with van der Waals surface area (Å²) in [7, 11) is -3.81. The largest absolute Gasteiger partial charge is 0.312 e. The molecule has 1 fully saturated rings. The maximum Gasteiger partial charge on any atom is 0.264 e. The molecular weight excluding hydrogens is 350 g/mol. The molecule has 1 N–H and O–H groups in total. The fourth-order valence-electron chi connectivity index (χ4n) is 3.16.